The molecule has 0 aliphatic rings. The van der Waals surface area contributed by atoms with Crippen molar-refractivity contribution in [3.8, 4) is 0 Å². The van der Waals surface area contributed by atoms with E-state index in [1.807, 2.05) is 36.9 Å². The van der Waals surface area contributed by atoms with Gasteiger partial charge in [-0.1, -0.05) is 70.0 Å². The largest absolute Gasteiger partial charge is 0.350 e. The summed E-state index contributed by atoms with van der Waals surface area (Å²) in [5, 5.41) is 7.26. The highest BCUT2D eigenvalue weighted by Gasteiger charge is 2.20. The Bertz CT molecular complexity index is 623. The zero-order valence-electron chi connectivity index (χ0n) is 19.7. The van der Waals surface area contributed by atoms with Gasteiger partial charge in [0.1, 0.15) is 6.04 Å². The Morgan fingerprint density at radius 2 is 1.65 bits per heavy atom. The number of hydrogen-bond acceptors (Lipinski definition) is 5. The maximum absolute atomic E-state index is 11.9. The van der Waals surface area contributed by atoms with Gasteiger partial charge in [-0.3, -0.25) is 19.2 Å². The normalized spacial score (nSPS) is 10.4. The van der Waals surface area contributed by atoms with Crippen molar-refractivity contribution in [3.05, 3.63) is 35.9 Å². The molecule has 0 saturated carbocycles. The monoisotopic (exact) mass is 453 g/mol. The molecule has 8 heteroatoms. The van der Waals surface area contributed by atoms with Gasteiger partial charge in [0.15, 0.2) is 5.78 Å². The fourth-order valence-corrected chi connectivity index (χ4v) is 1.97. The van der Waals surface area contributed by atoms with Crippen LogP contribution >= 0.6 is 11.8 Å². The number of carbonyl (C=O) groups excluding carboxylic acids is 4. The first kappa shape index (κ1) is 30.8. The summed E-state index contributed by atoms with van der Waals surface area (Å²) in [4.78, 5) is 44.9. The van der Waals surface area contributed by atoms with Crippen LogP contribution in [-0.2, 0) is 19.2 Å². The van der Waals surface area contributed by atoms with E-state index in [-0.39, 0.29) is 30.7 Å². The van der Waals surface area contributed by atoms with Crippen molar-refractivity contribution in [2.24, 2.45) is 5.92 Å². The number of benzene rings is 1. The lowest BCUT2D eigenvalue weighted by molar-refractivity contribution is -0.130. The smallest absolute Gasteiger partial charge is 0.242 e. The van der Waals surface area contributed by atoms with Gasteiger partial charge in [-0.2, -0.15) is 11.8 Å². The van der Waals surface area contributed by atoms with Crippen LogP contribution in [0.5, 0.6) is 0 Å². The van der Waals surface area contributed by atoms with E-state index in [0.29, 0.717) is 19.3 Å². The fourth-order valence-electron chi connectivity index (χ4n) is 1.97. The van der Waals surface area contributed by atoms with Crippen LogP contribution < -0.4 is 16.0 Å². The molecule has 0 aliphatic carbocycles. The molecular weight excluding hydrogens is 414 g/mol. The van der Waals surface area contributed by atoms with Crippen LogP contribution in [0.4, 0.5) is 0 Å². The molecule has 31 heavy (non-hydrogen) atoms. The second-order valence-corrected chi connectivity index (χ2v) is 8.13. The van der Waals surface area contributed by atoms with Crippen LogP contribution in [0.2, 0.25) is 0 Å². The van der Waals surface area contributed by atoms with E-state index in [4.69, 9.17) is 0 Å². The van der Waals surface area contributed by atoms with Crippen LogP contribution in [0.3, 0.4) is 0 Å². The summed E-state index contributed by atoms with van der Waals surface area (Å²) >= 11 is 1.86. The Hall–Kier alpha value is -2.35. The van der Waals surface area contributed by atoms with E-state index in [0.717, 1.165) is 0 Å². The lowest BCUT2D eigenvalue weighted by atomic mass is 10.1. The first-order chi connectivity index (χ1) is 14.7. The topological polar surface area (TPSA) is 104 Å². The minimum absolute atomic E-state index is 0.0425. The lowest BCUT2D eigenvalue weighted by Gasteiger charge is -2.17. The van der Waals surface area contributed by atoms with Crippen LogP contribution in [0.25, 0.3) is 0 Å². The number of nitrogens with one attached hydrogen (secondary N) is 3. The molecule has 0 saturated heterocycles. The van der Waals surface area contributed by atoms with Gasteiger partial charge >= 0.3 is 0 Å². The molecule has 0 fully saturated rings. The Labute approximate surface area is 191 Å². The minimum Gasteiger partial charge on any atom is -0.350 e. The van der Waals surface area contributed by atoms with Gasteiger partial charge in [0.05, 0.1) is 13.1 Å². The minimum atomic E-state index is -0.694. The molecule has 7 nitrogen and oxygen atoms in total. The molecule has 1 atom stereocenters. The van der Waals surface area contributed by atoms with Crippen LogP contribution in [0.1, 0.15) is 46.1 Å². The molecule has 1 unspecified atom stereocenters. The molecule has 0 bridgehead atoms. The summed E-state index contributed by atoms with van der Waals surface area (Å²) in [5.74, 6) is 0.190. The predicted octanol–water partition coefficient (Wildman–Crippen LogP) is 2.72. The zero-order valence-corrected chi connectivity index (χ0v) is 20.5. The molecular formula is C23H39N3O4S. The van der Waals surface area contributed by atoms with Crippen LogP contribution in [-0.4, -0.2) is 55.1 Å². The van der Waals surface area contributed by atoms with Crippen molar-refractivity contribution in [1.29, 1.82) is 0 Å². The lowest BCUT2D eigenvalue weighted by Crippen LogP contribution is -2.49. The standard InChI is InChI=1S/C13H23N3O4.C7H8.C3H8S/c1-4-5-10(16-12(19)7-14-8-17)13(20)15-6-11(18)9(2)3;1-7-5-3-2-4-6-7;1-3-4-2/h8-10H,4-7H2,1-3H3,(H,14,17)(H,15,20)(H,16,19);2-6H,1H3;3H2,1-2H3. The second kappa shape index (κ2) is 20.9. The molecule has 1 rings (SSSR count). The van der Waals surface area contributed by atoms with Crippen molar-refractivity contribution < 1.29 is 19.2 Å². The molecule has 0 aliphatic heterocycles. The van der Waals surface area contributed by atoms with Crippen molar-refractivity contribution in [2.45, 2.75) is 53.5 Å². The third kappa shape index (κ3) is 19.4. The average molecular weight is 454 g/mol. The third-order valence-electron chi connectivity index (χ3n) is 3.88. The summed E-state index contributed by atoms with van der Waals surface area (Å²) in [5.41, 5.74) is 1.32. The number of hydrogen-bond donors (Lipinski definition) is 3. The molecule has 0 aromatic heterocycles. The third-order valence-corrected chi connectivity index (χ3v) is 4.46. The highest BCUT2D eigenvalue weighted by molar-refractivity contribution is 7.98. The SMILES string of the molecule is CCCC(NC(=O)CNC=O)C(=O)NCC(=O)C(C)C.CCSC.Cc1ccccc1. The quantitative estimate of drug-likeness (QED) is 0.447. The van der Waals surface area contributed by atoms with Crippen LogP contribution in [0.15, 0.2) is 30.3 Å². The van der Waals surface area contributed by atoms with Gasteiger partial charge < -0.3 is 16.0 Å². The molecule has 3 amide bonds. The van der Waals surface area contributed by atoms with Crippen molar-refractivity contribution >= 4 is 35.8 Å². The summed E-state index contributed by atoms with van der Waals surface area (Å²) in [6.45, 7) is 9.40. The first-order valence-electron chi connectivity index (χ1n) is 10.5. The molecule has 1 aromatic carbocycles. The van der Waals surface area contributed by atoms with Gasteiger partial charge in [-0.05, 0) is 25.4 Å². The van der Waals surface area contributed by atoms with Gasteiger partial charge in [-0.25, -0.2) is 0 Å². The molecule has 176 valence electrons. The van der Waals surface area contributed by atoms with Crippen molar-refractivity contribution in [2.75, 3.05) is 25.1 Å². The number of Topliss-reactive ketones (excluding diaryl/α,β-unsaturated/α-hetero) is 1. The zero-order chi connectivity index (χ0) is 24.1. The van der Waals surface area contributed by atoms with E-state index in [2.05, 4.69) is 48.2 Å². The molecule has 0 radical (unpaired) electrons. The number of rotatable bonds is 11. The molecule has 0 heterocycles. The second-order valence-electron chi connectivity index (χ2n) is 6.98. The number of aryl methyl sites for hydroxylation is 1. The summed E-state index contributed by atoms with van der Waals surface area (Å²) in [6.07, 6.45) is 3.68. The highest BCUT2D eigenvalue weighted by atomic mass is 32.2. The van der Waals surface area contributed by atoms with Crippen molar-refractivity contribution in [1.82, 2.24) is 16.0 Å². The van der Waals surface area contributed by atoms with E-state index >= 15 is 0 Å². The maximum atomic E-state index is 11.9. The highest BCUT2D eigenvalue weighted by Crippen LogP contribution is 1.98. The summed E-state index contributed by atoms with van der Waals surface area (Å²) in [6, 6.07) is 9.57. The number of amides is 3. The average Bonchev–Trinajstić information content (AvgIpc) is 2.76. The van der Waals surface area contributed by atoms with E-state index in [9.17, 15) is 19.2 Å². The molecule has 3 N–H and O–H groups in total. The Morgan fingerprint density at radius 3 is 2.03 bits per heavy atom. The van der Waals surface area contributed by atoms with E-state index in [1.165, 1.54) is 11.3 Å². The first-order valence-corrected chi connectivity index (χ1v) is 11.9. The number of carbonyl (C=O) groups is 4. The number of thioether (sulfide) groups is 1. The number of ketones is 1. The molecule has 1 aromatic rings. The Balaban J connectivity index is 0. The van der Waals surface area contributed by atoms with Crippen molar-refractivity contribution in [3.63, 3.8) is 0 Å². The maximum Gasteiger partial charge on any atom is 0.242 e. The summed E-state index contributed by atoms with van der Waals surface area (Å²) < 4.78 is 0. The Morgan fingerprint density at radius 1 is 1.06 bits per heavy atom. The predicted molar refractivity (Wildman–Crippen MR) is 129 cm³/mol. The van der Waals surface area contributed by atoms with E-state index in [1.54, 1.807) is 13.8 Å². The van der Waals surface area contributed by atoms with Gasteiger partial charge in [0, 0.05) is 5.92 Å². The van der Waals surface area contributed by atoms with E-state index < -0.39 is 11.9 Å². The van der Waals surface area contributed by atoms with Gasteiger partial charge in [-0.15, -0.1) is 0 Å². The van der Waals surface area contributed by atoms with Gasteiger partial charge in [0.25, 0.3) is 0 Å². The van der Waals surface area contributed by atoms with Gasteiger partial charge in [0.2, 0.25) is 18.2 Å². The van der Waals surface area contributed by atoms with Crippen LogP contribution in [0, 0.1) is 12.8 Å². The summed E-state index contributed by atoms with van der Waals surface area (Å²) in [7, 11) is 0. The fraction of sp³-hybridized carbons (Fsp3) is 0.565. The molecule has 0 spiro atoms. The Kier molecular flexibility index (Phi) is 20.8.